The quantitative estimate of drug-likeness (QED) is 0.211. The van der Waals surface area contributed by atoms with Crippen molar-refractivity contribution in [1.29, 1.82) is 5.26 Å². The summed E-state index contributed by atoms with van der Waals surface area (Å²) >= 11 is 0. The van der Waals surface area contributed by atoms with E-state index < -0.39 is 17.1 Å². The number of aliphatic imine (C=N–C) groups is 2. The highest BCUT2D eigenvalue weighted by Gasteiger charge is 2.28. The van der Waals surface area contributed by atoms with Crippen LogP contribution in [0.2, 0.25) is 0 Å². The van der Waals surface area contributed by atoms with Gasteiger partial charge in [-0.05, 0) is 125 Å². The Morgan fingerprint density at radius 2 is 1.00 bits per heavy atom. The highest BCUT2D eigenvalue weighted by atomic mass is 16.5. The Balaban J connectivity index is 1.53. The fourth-order valence-corrected chi connectivity index (χ4v) is 7.21. The van der Waals surface area contributed by atoms with E-state index in [1.54, 1.807) is 12.3 Å². The largest absolute Gasteiger partial charge is 0.427 e. The Labute approximate surface area is 246 Å². The van der Waals surface area contributed by atoms with Crippen LogP contribution in [0.5, 0.6) is 0 Å². The maximum atomic E-state index is 13.7. The number of hydrogen-bond donors (Lipinski definition) is 0. The van der Waals surface area contributed by atoms with E-state index in [9.17, 15) is 19.2 Å². The summed E-state index contributed by atoms with van der Waals surface area (Å²) in [5.41, 5.74) is -1.50. The third-order valence-electron chi connectivity index (χ3n) is 9.87. The van der Waals surface area contributed by atoms with Gasteiger partial charge in [0, 0.05) is 19.6 Å². The van der Waals surface area contributed by atoms with Crippen molar-refractivity contribution in [3.05, 3.63) is 38.0 Å². The van der Waals surface area contributed by atoms with Crippen molar-refractivity contribution in [1.82, 2.24) is 13.7 Å². The highest BCUT2D eigenvalue weighted by Crippen LogP contribution is 2.32. The third-order valence-corrected chi connectivity index (χ3v) is 9.87. The predicted molar refractivity (Wildman–Crippen MR) is 158 cm³/mol. The lowest BCUT2D eigenvalue weighted by Gasteiger charge is -2.30. The second kappa shape index (κ2) is 15.7. The SMILES string of the molecule is C=C=NCC1CCC(Cn2c(=O)n(CC3CCC(CN=C=O)CC3)c(=O)n(CC3CCC(COC#N)CC3)c2=O)CC1. The lowest BCUT2D eigenvalue weighted by molar-refractivity contribution is 0.151. The van der Waals surface area contributed by atoms with Crippen molar-refractivity contribution < 1.29 is 9.53 Å². The minimum Gasteiger partial charge on any atom is -0.427 e. The molecule has 1 aromatic rings. The van der Waals surface area contributed by atoms with Gasteiger partial charge in [-0.3, -0.25) is 0 Å². The normalized spacial score (nSPS) is 27.7. The van der Waals surface area contributed by atoms with E-state index in [2.05, 4.69) is 22.4 Å². The zero-order chi connectivity index (χ0) is 29.9. The summed E-state index contributed by atoms with van der Waals surface area (Å²) in [5, 5.41) is 8.71. The first-order valence-electron chi connectivity index (χ1n) is 15.6. The summed E-state index contributed by atoms with van der Waals surface area (Å²) in [5.74, 6) is 4.21. The van der Waals surface area contributed by atoms with Crippen LogP contribution in [-0.2, 0) is 29.2 Å². The third kappa shape index (κ3) is 8.30. The molecule has 11 nitrogen and oxygen atoms in total. The van der Waals surface area contributed by atoms with Crippen molar-refractivity contribution in [2.75, 3.05) is 19.7 Å². The topological polar surface area (TPSA) is 141 Å². The van der Waals surface area contributed by atoms with Gasteiger partial charge in [-0.1, -0.05) is 0 Å². The molecule has 0 atom stereocenters. The zero-order valence-corrected chi connectivity index (χ0v) is 24.6. The lowest BCUT2D eigenvalue weighted by Crippen LogP contribution is -2.56. The number of isocyanates is 1. The molecular formula is C31H44N6O5. The molecule has 228 valence electrons. The van der Waals surface area contributed by atoms with Crippen LogP contribution in [0.3, 0.4) is 0 Å². The average Bonchev–Trinajstić information content (AvgIpc) is 3.02. The Bertz CT molecular complexity index is 1270. The van der Waals surface area contributed by atoms with Crippen LogP contribution in [-0.4, -0.2) is 45.3 Å². The molecule has 3 aliphatic carbocycles. The molecule has 1 aromatic heterocycles. The Kier molecular flexibility index (Phi) is 11.7. The maximum absolute atomic E-state index is 13.7. The van der Waals surface area contributed by atoms with Crippen molar-refractivity contribution in [3.63, 3.8) is 0 Å². The summed E-state index contributed by atoms with van der Waals surface area (Å²) in [4.78, 5) is 59.6. The smallest absolute Gasteiger partial charge is 0.336 e. The standard InChI is InChI=1S/C31H44N6O5/c1-2-33-15-23-3-7-25(8-4-23)17-35-29(39)36(18-26-9-5-24(6-10-26)16-34-22-38)31(41)37(30(35)40)19-27-11-13-28(14-12-27)20-42-21-32/h23-28H,1,3-20H2. The van der Waals surface area contributed by atoms with E-state index >= 15 is 0 Å². The summed E-state index contributed by atoms with van der Waals surface area (Å²) in [6, 6.07) is 0. The van der Waals surface area contributed by atoms with Crippen molar-refractivity contribution in [2.24, 2.45) is 45.5 Å². The van der Waals surface area contributed by atoms with Crippen LogP contribution in [0.25, 0.3) is 0 Å². The lowest BCUT2D eigenvalue weighted by atomic mass is 9.82. The Hall–Kier alpha value is -3.47. The number of hydrogen-bond acceptors (Lipinski definition) is 8. The fourth-order valence-electron chi connectivity index (χ4n) is 7.21. The molecule has 0 aromatic carbocycles. The molecule has 11 heteroatoms. The van der Waals surface area contributed by atoms with Crippen LogP contribution >= 0.6 is 0 Å². The minimum absolute atomic E-state index is 0.155. The van der Waals surface area contributed by atoms with Crippen LogP contribution in [0, 0.1) is 47.0 Å². The summed E-state index contributed by atoms with van der Waals surface area (Å²) < 4.78 is 8.88. The Morgan fingerprint density at radius 1 is 0.643 bits per heavy atom. The van der Waals surface area contributed by atoms with Gasteiger partial charge in [0.1, 0.15) is 6.61 Å². The van der Waals surface area contributed by atoms with E-state index in [4.69, 9.17) is 10.00 Å². The number of aromatic nitrogens is 3. The average molecular weight is 581 g/mol. The minimum atomic E-state index is -0.505. The predicted octanol–water partition coefficient (Wildman–Crippen LogP) is 3.28. The van der Waals surface area contributed by atoms with Gasteiger partial charge < -0.3 is 4.74 Å². The first-order valence-corrected chi connectivity index (χ1v) is 15.6. The van der Waals surface area contributed by atoms with E-state index in [0.29, 0.717) is 57.1 Å². The van der Waals surface area contributed by atoms with Crippen molar-refractivity contribution >= 4 is 11.9 Å². The van der Waals surface area contributed by atoms with E-state index in [0.717, 1.165) is 77.0 Å². The molecule has 0 radical (unpaired) electrons. The van der Waals surface area contributed by atoms with Gasteiger partial charge in [0.25, 0.3) is 6.26 Å². The Morgan fingerprint density at radius 3 is 1.36 bits per heavy atom. The van der Waals surface area contributed by atoms with Gasteiger partial charge >= 0.3 is 17.1 Å². The molecule has 3 aliphatic rings. The second-order valence-corrected chi connectivity index (χ2v) is 12.7. The summed E-state index contributed by atoms with van der Waals surface area (Å²) in [6.45, 7) is 6.06. The fraction of sp³-hybridized carbons (Fsp3) is 0.774. The molecule has 0 amide bonds. The second-order valence-electron chi connectivity index (χ2n) is 12.7. The molecule has 0 unspecified atom stereocenters. The van der Waals surface area contributed by atoms with Crippen molar-refractivity contribution in [3.8, 4) is 6.26 Å². The van der Waals surface area contributed by atoms with Crippen LogP contribution in [0.4, 0.5) is 0 Å². The number of nitrogens with zero attached hydrogens (tertiary/aromatic N) is 6. The van der Waals surface area contributed by atoms with Crippen LogP contribution in [0.15, 0.2) is 30.9 Å². The number of rotatable bonds is 12. The maximum Gasteiger partial charge on any atom is 0.336 e. The summed E-state index contributed by atoms with van der Waals surface area (Å²) in [6.07, 6.45) is 14.0. The number of ether oxygens (including phenoxy) is 1. The van der Waals surface area contributed by atoms with Crippen LogP contribution in [0.1, 0.15) is 77.0 Å². The van der Waals surface area contributed by atoms with Gasteiger partial charge in [-0.25, -0.2) is 42.9 Å². The molecule has 0 bridgehead atoms. The zero-order valence-electron chi connectivity index (χ0n) is 24.6. The van der Waals surface area contributed by atoms with E-state index in [1.165, 1.54) is 13.7 Å². The first-order chi connectivity index (χ1) is 20.4. The van der Waals surface area contributed by atoms with Gasteiger partial charge in [-0.2, -0.15) is 5.26 Å². The molecule has 0 aliphatic heterocycles. The van der Waals surface area contributed by atoms with E-state index in [-0.39, 0.29) is 17.8 Å². The van der Waals surface area contributed by atoms with Gasteiger partial charge in [-0.15, -0.1) is 0 Å². The molecule has 0 N–H and O–H groups in total. The molecular weight excluding hydrogens is 536 g/mol. The highest BCUT2D eigenvalue weighted by molar-refractivity contribution is 5.46. The van der Waals surface area contributed by atoms with Gasteiger partial charge in [0.05, 0.1) is 13.1 Å². The van der Waals surface area contributed by atoms with Crippen LogP contribution < -0.4 is 17.1 Å². The van der Waals surface area contributed by atoms with E-state index in [1.807, 2.05) is 0 Å². The molecule has 0 spiro atoms. The van der Waals surface area contributed by atoms with Crippen molar-refractivity contribution in [2.45, 2.75) is 96.7 Å². The molecule has 42 heavy (non-hydrogen) atoms. The number of nitriles is 1. The molecule has 1 heterocycles. The monoisotopic (exact) mass is 580 g/mol. The van der Waals surface area contributed by atoms with Gasteiger partial charge in [0.2, 0.25) is 6.08 Å². The molecule has 4 rings (SSSR count). The molecule has 3 fully saturated rings. The first kappa shape index (κ1) is 31.5. The summed E-state index contributed by atoms with van der Waals surface area (Å²) in [7, 11) is 0. The van der Waals surface area contributed by atoms with Gasteiger partial charge in [0.15, 0.2) is 0 Å². The number of carbonyl (C=O) groups excluding carboxylic acids is 1. The molecule has 3 saturated carbocycles. The molecule has 0 saturated heterocycles.